The lowest BCUT2D eigenvalue weighted by atomic mass is 10.2. The average molecular weight is 469 g/mol. The number of halogens is 2. The van der Waals surface area contributed by atoms with E-state index in [1.54, 1.807) is 79.6 Å². The maximum atomic E-state index is 12.9. The molecule has 0 aliphatic carbocycles. The summed E-state index contributed by atoms with van der Waals surface area (Å²) in [7, 11) is 3.28. The normalized spacial score (nSPS) is 10.8. The minimum absolute atomic E-state index is 0.177. The molecule has 0 unspecified atom stereocenters. The standard InChI is InChI=1S/C23H18Cl2N4O3/c1-28(2)23(31)17-10-7-15(12-18(17)25)26-22(30)19-13-20(21-4-3-11-32-21)29(27-19)16-8-5-14(24)6-9-16/h3-13H,1-2H3,(H,26,30). The minimum atomic E-state index is -0.437. The number of hydrogen-bond donors (Lipinski definition) is 1. The van der Waals surface area contributed by atoms with Crippen molar-refractivity contribution in [1.29, 1.82) is 0 Å². The summed E-state index contributed by atoms with van der Waals surface area (Å²) in [4.78, 5) is 26.5. The van der Waals surface area contributed by atoms with Gasteiger partial charge in [0.25, 0.3) is 11.8 Å². The Balaban J connectivity index is 1.64. The quantitative estimate of drug-likeness (QED) is 0.425. The monoisotopic (exact) mass is 468 g/mol. The van der Waals surface area contributed by atoms with Crippen molar-refractivity contribution in [2.24, 2.45) is 0 Å². The zero-order valence-electron chi connectivity index (χ0n) is 17.2. The highest BCUT2D eigenvalue weighted by Gasteiger charge is 2.19. The van der Waals surface area contributed by atoms with Crippen molar-refractivity contribution in [3.8, 4) is 17.1 Å². The number of carbonyl (C=O) groups is 2. The average Bonchev–Trinajstić information content (AvgIpc) is 3.44. The van der Waals surface area contributed by atoms with E-state index in [-0.39, 0.29) is 16.6 Å². The molecule has 0 saturated carbocycles. The number of nitrogens with zero attached hydrogens (tertiary/aromatic N) is 3. The van der Waals surface area contributed by atoms with Crippen LogP contribution in [0.2, 0.25) is 10.0 Å². The molecule has 0 fully saturated rings. The Kier molecular flexibility index (Phi) is 6.03. The van der Waals surface area contributed by atoms with Gasteiger partial charge < -0.3 is 14.6 Å². The van der Waals surface area contributed by atoms with Crippen molar-refractivity contribution >= 4 is 40.7 Å². The van der Waals surface area contributed by atoms with Gasteiger partial charge in [-0.3, -0.25) is 9.59 Å². The van der Waals surface area contributed by atoms with Gasteiger partial charge in [0.15, 0.2) is 11.5 Å². The second-order valence-electron chi connectivity index (χ2n) is 7.13. The summed E-state index contributed by atoms with van der Waals surface area (Å²) in [6.07, 6.45) is 1.55. The number of carbonyl (C=O) groups excluding carboxylic acids is 2. The van der Waals surface area contributed by atoms with Crippen molar-refractivity contribution < 1.29 is 14.0 Å². The highest BCUT2D eigenvalue weighted by atomic mass is 35.5. The van der Waals surface area contributed by atoms with Crippen molar-refractivity contribution in [2.75, 3.05) is 19.4 Å². The summed E-state index contributed by atoms with van der Waals surface area (Å²) >= 11 is 12.2. The maximum absolute atomic E-state index is 12.9. The fourth-order valence-corrected chi connectivity index (χ4v) is 3.46. The third kappa shape index (κ3) is 4.39. The molecule has 0 bridgehead atoms. The lowest BCUT2D eigenvalue weighted by Crippen LogP contribution is -2.22. The van der Waals surface area contributed by atoms with E-state index in [1.165, 1.54) is 11.0 Å². The van der Waals surface area contributed by atoms with E-state index in [4.69, 9.17) is 27.6 Å². The molecular formula is C23H18Cl2N4O3. The number of rotatable bonds is 5. The molecule has 2 heterocycles. The molecule has 0 radical (unpaired) electrons. The van der Waals surface area contributed by atoms with Crippen LogP contribution in [-0.4, -0.2) is 40.6 Å². The number of aromatic nitrogens is 2. The Labute approximate surface area is 194 Å². The lowest BCUT2D eigenvalue weighted by Gasteiger charge is -2.12. The topological polar surface area (TPSA) is 80.4 Å². The van der Waals surface area contributed by atoms with Crippen LogP contribution in [0, 0.1) is 0 Å². The molecule has 32 heavy (non-hydrogen) atoms. The van der Waals surface area contributed by atoms with Gasteiger partial charge in [-0.05, 0) is 54.6 Å². The molecule has 2 aromatic heterocycles. The molecule has 0 spiro atoms. The third-order valence-electron chi connectivity index (χ3n) is 4.65. The van der Waals surface area contributed by atoms with E-state index in [0.717, 1.165) is 5.69 Å². The van der Waals surface area contributed by atoms with Gasteiger partial charge in [0.2, 0.25) is 0 Å². The van der Waals surface area contributed by atoms with Crippen molar-refractivity contribution in [2.45, 2.75) is 0 Å². The molecule has 0 aliphatic rings. The van der Waals surface area contributed by atoms with Crippen LogP contribution in [0.1, 0.15) is 20.8 Å². The van der Waals surface area contributed by atoms with Crippen LogP contribution in [0.4, 0.5) is 5.69 Å². The molecule has 7 nitrogen and oxygen atoms in total. The van der Waals surface area contributed by atoms with E-state index in [9.17, 15) is 9.59 Å². The lowest BCUT2D eigenvalue weighted by molar-refractivity contribution is 0.0827. The zero-order chi connectivity index (χ0) is 22.8. The van der Waals surface area contributed by atoms with E-state index in [2.05, 4.69) is 10.4 Å². The Morgan fingerprint density at radius 1 is 1.03 bits per heavy atom. The molecule has 1 N–H and O–H groups in total. The first-order valence-electron chi connectivity index (χ1n) is 9.56. The highest BCUT2D eigenvalue weighted by Crippen LogP contribution is 2.27. The van der Waals surface area contributed by atoms with Crippen LogP contribution < -0.4 is 5.32 Å². The fraction of sp³-hybridized carbons (Fsp3) is 0.0870. The van der Waals surface area contributed by atoms with Gasteiger partial charge >= 0.3 is 0 Å². The number of furan rings is 1. The van der Waals surface area contributed by atoms with Crippen molar-refractivity contribution in [1.82, 2.24) is 14.7 Å². The molecule has 0 aliphatic heterocycles. The van der Waals surface area contributed by atoms with Crippen LogP contribution in [0.5, 0.6) is 0 Å². The van der Waals surface area contributed by atoms with Crippen LogP contribution in [0.3, 0.4) is 0 Å². The summed E-state index contributed by atoms with van der Waals surface area (Å²) in [6.45, 7) is 0. The van der Waals surface area contributed by atoms with Crippen LogP contribution >= 0.6 is 23.2 Å². The Morgan fingerprint density at radius 2 is 1.78 bits per heavy atom. The second kappa shape index (κ2) is 8.90. The summed E-state index contributed by atoms with van der Waals surface area (Å²) in [6, 6.07) is 17.0. The largest absolute Gasteiger partial charge is 0.463 e. The van der Waals surface area contributed by atoms with E-state index < -0.39 is 5.91 Å². The second-order valence-corrected chi connectivity index (χ2v) is 7.97. The Hall–Kier alpha value is -3.55. The highest BCUT2D eigenvalue weighted by molar-refractivity contribution is 6.34. The number of hydrogen-bond acceptors (Lipinski definition) is 4. The summed E-state index contributed by atoms with van der Waals surface area (Å²) in [5.41, 5.74) is 2.29. The molecule has 0 atom stereocenters. The number of benzene rings is 2. The summed E-state index contributed by atoms with van der Waals surface area (Å²) in [5, 5.41) is 8.06. The van der Waals surface area contributed by atoms with Crippen molar-refractivity contribution in [3.63, 3.8) is 0 Å². The maximum Gasteiger partial charge on any atom is 0.276 e. The summed E-state index contributed by atoms with van der Waals surface area (Å²) < 4.78 is 7.12. The van der Waals surface area contributed by atoms with E-state index in [0.29, 0.717) is 27.7 Å². The van der Waals surface area contributed by atoms with Crippen molar-refractivity contribution in [3.05, 3.63) is 88.2 Å². The van der Waals surface area contributed by atoms with Gasteiger partial charge in [-0.25, -0.2) is 4.68 Å². The molecule has 2 aromatic carbocycles. The van der Waals surface area contributed by atoms with Crippen LogP contribution in [0.25, 0.3) is 17.1 Å². The number of anilines is 1. The molecule has 162 valence electrons. The van der Waals surface area contributed by atoms with Gasteiger partial charge in [-0.2, -0.15) is 5.10 Å². The van der Waals surface area contributed by atoms with E-state index >= 15 is 0 Å². The Bertz CT molecular complexity index is 1280. The zero-order valence-corrected chi connectivity index (χ0v) is 18.7. The first kappa shape index (κ1) is 21.7. The summed E-state index contributed by atoms with van der Waals surface area (Å²) in [5.74, 6) is -0.105. The molecule has 4 aromatic rings. The predicted molar refractivity (Wildman–Crippen MR) is 124 cm³/mol. The van der Waals surface area contributed by atoms with Crippen LogP contribution in [0.15, 0.2) is 71.3 Å². The van der Waals surface area contributed by atoms with Crippen LogP contribution in [-0.2, 0) is 0 Å². The van der Waals surface area contributed by atoms with Gasteiger partial charge in [0, 0.05) is 30.9 Å². The number of amides is 2. The van der Waals surface area contributed by atoms with Gasteiger partial charge in [-0.15, -0.1) is 0 Å². The number of nitrogens with one attached hydrogen (secondary N) is 1. The fourth-order valence-electron chi connectivity index (χ4n) is 3.07. The van der Waals surface area contributed by atoms with Gasteiger partial charge in [0.05, 0.1) is 22.5 Å². The van der Waals surface area contributed by atoms with Gasteiger partial charge in [0.1, 0.15) is 5.69 Å². The molecule has 0 saturated heterocycles. The Morgan fingerprint density at radius 3 is 2.41 bits per heavy atom. The molecule has 4 rings (SSSR count). The molecule has 2 amide bonds. The minimum Gasteiger partial charge on any atom is -0.463 e. The first-order chi connectivity index (χ1) is 15.3. The molecular weight excluding hydrogens is 451 g/mol. The smallest absolute Gasteiger partial charge is 0.276 e. The predicted octanol–water partition coefficient (Wildman–Crippen LogP) is 5.39. The first-order valence-corrected chi connectivity index (χ1v) is 10.3. The van der Waals surface area contributed by atoms with E-state index in [1.807, 2.05) is 0 Å². The third-order valence-corrected chi connectivity index (χ3v) is 5.22. The van der Waals surface area contributed by atoms with Gasteiger partial charge in [-0.1, -0.05) is 23.2 Å². The SMILES string of the molecule is CN(C)C(=O)c1ccc(NC(=O)c2cc(-c3ccco3)n(-c3ccc(Cl)cc3)n2)cc1Cl. The molecule has 9 heteroatoms.